The monoisotopic (exact) mass is 430 g/mol. The number of benzene rings is 1. The van der Waals surface area contributed by atoms with Crippen molar-refractivity contribution in [1.82, 2.24) is 10.3 Å². The third kappa shape index (κ3) is 5.48. The van der Waals surface area contributed by atoms with Crippen molar-refractivity contribution in [1.29, 1.82) is 0 Å². The van der Waals surface area contributed by atoms with Crippen molar-refractivity contribution >= 4 is 29.0 Å². The molecule has 1 aliphatic rings. The van der Waals surface area contributed by atoms with Gasteiger partial charge in [-0.25, -0.2) is 4.98 Å². The number of rotatable bonds is 8. The number of hydrogen-bond acceptors (Lipinski definition) is 5. The van der Waals surface area contributed by atoms with Crippen molar-refractivity contribution in [2.45, 2.75) is 64.1 Å². The number of pyridine rings is 1. The van der Waals surface area contributed by atoms with E-state index in [4.69, 9.17) is 11.6 Å². The van der Waals surface area contributed by atoms with E-state index in [-0.39, 0.29) is 23.5 Å². The number of carbonyl (C=O) groups excluding carboxylic acids is 1. The van der Waals surface area contributed by atoms with E-state index >= 15 is 0 Å². The van der Waals surface area contributed by atoms with Crippen LogP contribution in [0, 0.1) is 10.1 Å². The van der Waals surface area contributed by atoms with E-state index in [2.05, 4.69) is 10.3 Å². The highest BCUT2D eigenvalue weighted by atomic mass is 35.5. The lowest BCUT2D eigenvalue weighted by molar-refractivity contribution is -0.384. The standard InChI is InChI=1S/C22H27ClN4O3/c1-2-19(22(28)25-18-7-4-3-5-8-18)26(15-16-10-12-17(23)13-11-16)21-20(27(29)30)9-6-14-24-21/h6,9-14,18-19H,2-5,7-8,15H2,1H3,(H,25,28). The topological polar surface area (TPSA) is 88.4 Å². The molecule has 7 nitrogen and oxygen atoms in total. The first-order chi connectivity index (χ1) is 14.5. The Bertz CT molecular complexity index is 869. The van der Waals surface area contributed by atoms with Gasteiger partial charge in [0.15, 0.2) is 0 Å². The molecule has 3 rings (SSSR count). The van der Waals surface area contributed by atoms with Gasteiger partial charge in [0.2, 0.25) is 11.7 Å². The van der Waals surface area contributed by atoms with E-state index in [9.17, 15) is 14.9 Å². The molecule has 0 saturated heterocycles. The predicted octanol–water partition coefficient (Wildman–Crippen LogP) is 4.88. The summed E-state index contributed by atoms with van der Waals surface area (Å²) in [5.41, 5.74) is 0.777. The maximum absolute atomic E-state index is 13.2. The van der Waals surface area contributed by atoms with E-state index in [1.807, 2.05) is 19.1 Å². The quantitative estimate of drug-likeness (QED) is 0.476. The van der Waals surface area contributed by atoms with Crippen molar-refractivity contribution in [2.24, 2.45) is 0 Å². The van der Waals surface area contributed by atoms with E-state index in [1.165, 1.54) is 24.8 Å². The van der Waals surface area contributed by atoms with Crippen molar-refractivity contribution in [3.63, 3.8) is 0 Å². The van der Waals surface area contributed by atoms with E-state index < -0.39 is 11.0 Å². The number of amides is 1. The summed E-state index contributed by atoms with van der Waals surface area (Å²) in [7, 11) is 0. The lowest BCUT2D eigenvalue weighted by atomic mass is 9.95. The number of nitro groups is 1. The van der Waals surface area contributed by atoms with Gasteiger partial charge >= 0.3 is 5.69 Å². The number of carbonyl (C=O) groups is 1. The van der Waals surface area contributed by atoms with Crippen LogP contribution in [0.25, 0.3) is 0 Å². The molecule has 160 valence electrons. The molecule has 1 N–H and O–H groups in total. The molecule has 1 amide bonds. The van der Waals surface area contributed by atoms with Gasteiger partial charge in [-0.2, -0.15) is 0 Å². The first-order valence-electron chi connectivity index (χ1n) is 10.4. The third-order valence-electron chi connectivity index (χ3n) is 5.52. The Hall–Kier alpha value is -2.67. The highest BCUT2D eigenvalue weighted by Gasteiger charge is 2.32. The van der Waals surface area contributed by atoms with E-state index in [0.29, 0.717) is 18.0 Å². The Labute approximate surface area is 181 Å². The van der Waals surface area contributed by atoms with Crippen LogP contribution in [0.2, 0.25) is 5.02 Å². The maximum atomic E-state index is 13.2. The minimum atomic E-state index is -0.573. The van der Waals surface area contributed by atoms with E-state index in [1.54, 1.807) is 17.0 Å². The average Bonchev–Trinajstić information content (AvgIpc) is 2.75. The van der Waals surface area contributed by atoms with Crippen LogP contribution in [-0.4, -0.2) is 27.9 Å². The average molecular weight is 431 g/mol. The Morgan fingerprint density at radius 3 is 2.60 bits per heavy atom. The number of nitrogens with one attached hydrogen (secondary N) is 1. The zero-order chi connectivity index (χ0) is 21.5. The van der Waals surface area contributed by atoms with Gasteiger partial charge in [-0.3, -0.25) is 14.9 Å². The van der Waals surface area contributed by atoms with Crippen LogP contribution in [-0.2, 0) is 11.3 Å². The molecular formula is C22H27ClN4O3. The SMILES string of the molecule is CCC(C(=O)NC1CCCCC1)N(Cc1ccc(Cl)cc1)c1ncccc1[N+](=O)[O-]. The molecule has 1 aromatic carbocycles. The van der Waals surface area contributed by atoms with Crippen molar-refractivity contribution in [3.05, 3.63) is 63.3 Å². The molecule has 8 heteroatoms. The Morgan fingerprint density at radius 2 is 1.97 bits per heavy atom. The molecule has 1 saturated carbocycles. The van der Waals surface area contributed by atoms with Crippen LogP contribution in [0.15, 0.2) is 42.6 Å². The minimum Gasteiger partial charge on any atom is -0.352 e. The van der Waals surface area contributed by atoms with Gasteiger partial charge < -0.3 is 10.2 Å². The molecule has 1 fully saturated rings. The molecule has 0 radical (unpaired) electrons. The second kappa shape index (κ2) is 10.4. The van der Waals surface area contributed by atoms with Crippen LogP contribution < -0.4 is 10.2 Å². The van der Waals surface area contributed by atoms with Gasteiger partial charge in [-0.05, 0) is 43.0 Å². The summed E-state index contributed by atoms with van der Waals surface area (Å²) in [6.45, 7) is 2.22. The summed E-state index contributed by atoms with van der Waals surface area (Å²) < 4.78 is 0. The molecule has 1 aromatic heterocycles. The van der Waals surface area contributed by atoms with Gasteiger partial charge in [-0.1, -0.05) is 49.9 Å². The zero-order valence-electron chi connectivity index (χ0n) is 17.1. The number of halogens is 1. The number of hydrogen-bond donors (Lipinski definition) is 1. The first-order valence-corrected chi connectivity index (χ1v) is 10.8. The first kappa shape index (κ1) is 22.0. The number of anilines is 1. The highest BCUT2D eigenvalue weighted by Crippen LogP contribution is 2.29. The van der Waals surface area contributed by atoms with Crippen molar-refractivity contribution < 1.29 is 9.72 Å². The summed E-state index contributed by atoms with van der Waals surface area (Å²) in [4.78, 5) is 30.4. The molecule has 1 unspecified atom stereocenters. The Morgan fingerprint density at radius 1 is 1.27 bits per heavy atom. The zero-order valence-corrected chi connectivity index (χ0v) is 17.8. The van der Waals surface area contributed by atoms with Crippen molar-refractivity contribution in [2.75, 3.05) is 4.90 Å². The lowest BCUT2D eigenvalue weighted by Gasteiger charge is -2.33. The fourth-order valence-corrected chi connectivity index (χ4v) is 4.09. The minimum absolute atomic E-state index is 0.113. The van der Waals surface area contributed by atoms with Crippen LogP contribution in [0.5, 0.6) is 0 Å². The summed E-state index contributed by atoms with van der Waals surface area (Å²) in [5, 5.41) is 15.4. The van der Waals surface area contributed by atoms with Gasteiger partial charge in [0, 0.05) is 29.9 Å². The molecule has 1 atom stereocenters. The van der Waals surface area contributed by atoms with E-state index in [0.717, 1.165) is 31.2 Å². The largest absolute Gasteiger partial charge is 0.352 e. The van der Waals surface area contributed by atoms with Gasteiger partial charge in [0.25, 0.3) is 0 Å². The third-order valence-corrected chi connectivity index (χ3v) is 5.77. The van der Waals surface area contributed by atoms with Gasteiger partial charge in [-0.15, -0.1) is 0 Å². The molecule has 0 spiro atoms. The van der Waals surface area contributed by atoms with Gasteiger partial charge in [0.05, 0.1) is 4.92 Å². The fourth-order valence-electron chi connectivity index (χ4n) is 3.96. The van der Waals surface area contributed by atoms with Crippen LogP contribution >= 0.6 is 11.6 Å². The fraction of sp³-hybridized carbons (Fsp3) is 0.455. The second-order valence-corrected chi connectivity index (χ2v) is 8.06. The molecule has 0 aliphatic heterocycles. The summed E-state index contributed by atoms with van der Waals surface area (Å²) in [5.74, 6) is 0.0846. The lowest BCUT2D eigenvalue weighted by Crippen LogP contribution is -2.50. The molecule has 1 heterocycles. The normalized spacial score (nSPS) is 15.4. The van der Waals surface area contributed by atoms with Crippen LogP contribution in [0.1, 0.15) is 51.0 Å². The molecular weight excluding hydrogens is 404 g/mol. The predicted molar refractivity (Wildman–Crippen MR) is 118 cm³/mol. The van der Waals surface area contributed by atoms with Crippen molar-refractivity contribution in [3.8, 4) is 0 Å². The summed E-state index contributed by atoms with van der Waals surface area (Å²) in [6, 6.07) is 9.79. The number of aromatic nitrogens is 1. The second-order valence-electron chi connectivity index (χ2n) is 7.63. The highest BCUT2D eigenvalue weighted by molar-refractivity contribution is 6.30. The summed E-state index contributed by atoms with van der Waals surface area (Å²) >= 11 is 6.00. The smallest absolute Gasteiger partial charge is 0.311 e. The Kier molecular flexibility index (Phi) is 7.63. The molecule has 1 aliphatic carbocycles. The maximum Gasteiger partial charge on any atom is 0.311 e. The van der Waals surface area contributed by atoms with Crippen LogP contribution in [0.4, 0.5) is 11.5 Å². The number of nitrogens with zero attached hydrogens (tertiary/aromatic N) is 3. The van der Waals surface area contributed by atoms with Crippen LogP contribution in [0.3, 0.4) is 0 Å². The Balaban J connectivity index is 1.93. The molecule has 2 aromatic rings. The molecule has 30 heavy (non-hydrogen) atoms. The summed E-state index contributed by atoms with van der Waals surface area (Å²) in [6.07, 6.45) is 7.39. The molecule has 0 bridgehead atoms. The van der Waals surface area contributed by atoms with Gasteiger partial charge in [0.1, 0.15) is 6.04 Å².